The van der Waals surface area contributed by atoms with Crippen LogP contribution in [0.3, 0.4) is 0 Å². The predicted octanol–water partition coefficient (Wildman–Crippen LogP) is 3.58. The van der Waals surface area contributed by atoms with Crippen molar-refractivity contribution in [1.82, 2.24) is 0 Å². The molecule has 2 saturated carbocycles. The molecule has 1 N–H and O–H groups in total. The van der Waals surface area contributed by atoms with Gasteiger partial charge in [0.25, 0.3) is 0 Å². The minimum absolute atomic E-state index is 0.0352. The van der Waals surface area contributed by atoms with Crippen LogP contribution in [0.5, 0.6) is 0 Å². The Morgan fingerprint density at radius 2 is 2.12 bits per heavy atom. The summed E-state index contributed by atoms with van der Waals surface area (Å²) in [7, 11) is 0. The van der Waals surface area contributed by atoms with E-state index in [2.05, 4.69) is 20.8 Å². The lowest BCUT2D eigenvalue weighted by Crippen LogP contribution is -2.59. The molecule has 0 bridgehead atoms. The molecule has 0 aromatic carbocycles. The maximum atomic E-state index is 12.4. The highest BCUT2D eigenvalue weighted by molar-refractivity contribution is 5.77. The summed E-state index contributed by atoms with van der Waals surface area (Å²) in [6, 6.07) is 2.04. The van der Waals surface area contributed by atoms with E-state index in [1.807, 2.05) is 12.3 Å². The van der Waals surface area contributed by atoms with Crippen molar-refractivity contribution in [3.8, 4) is 0 Å². The fourth-order valence-electron chi connectivity index (χ4n) is 6.17. The molecule has 1 aromatic rings. The molecule has 132 valence electrons. The molecule has 24 heavy (non-hydrogen) atoms. The normalized spacial score (nSPS) is 47.3. The van der Waals surface area contributed by atoms with E-state index in [-0.39, 0.29) is 28.8 Å². The Labute approximate surface area is 143 Å². The van der Waals surface area contributed by atoms with Gasteiger partial charge in [-0.3, -0.25) is 4.79 Å². The van der Waals surface area contributed by atoms with Gasteiger partial charge in [-0.2, -0.15) is 0 Å². The summed E-state index contributed by atoms with van der Waals surface area (Å²) < 4.78 is 11.0. The molecule has 4 rings (SSSR count). The van der Waals surface area contributed by atoms with Crippen LogP contribution in [0.15, 0.2) is 23.0 Å². The molecule has 4 nitrogen and oxygen atoms in total. The highest BCUT2D eigenvalue weighted by Crippen LogP contribution is 2.66. The predicted molar refractivity (Wildman–Crippen MR) is 89.1 cm³/mol. The van der Waals surface area contributed by atoms with Gasteiger partial charge in [-0.1, -0.05) is 20.8 Å². The van der Waals surface area contributed by atoms with Crippen LogP contribution in [0, 0.1) is 28.6 Å². The molecule has 0 radical (unpaired) electrons. The smallest absolute Gasteiger partial charge is 0.312 e. The maximum Gasteiger partial charge on any atom is 0.312 e. The van der Waals surface area contributed by atoms with Crippen LogP contribution in [0.2, 0.25) is 0 Å². The standard InChI is InChI=1S/C20H28O4/c1-12-10-16-20(3)15(5-4-14(21)17(20)18(22)24-16)19(12,2)8-6-13-7-9-23-11-13/h7,9,11-12,14-17,21H,4-6,8,10H2,1-3H3/t12-,14+,15-,16-,17+,19+,20+/m1/s1. The lowest BCUT2D eigenvalue weighted by Gasteiger charge is -2.59. The van der Waals surface area contributed by atoms with Gasteiger partial charge in [0.1, 0.15) is 6.10 Å². The van der Waals surface area contributed by atoms with Crippen molar-refractivity contribution in [3.05, 3.63) is 24.2 Å². The number of aryl methyl sites for hydroxylation is 1. The molecule has 0 amide bonds. The molecule has 1 aliphatic heterocycles. The van der Waals surface area contributed by atoms with Gasteiger partial charge >= 0.3 is 5.97 Å². The van der Waals surface area contributed by atoms with Gasteiger partial charge < -0.3 is 14.3 Å². The minimum atomic E-state index is -0.546. The van der Waals surface area contributed by atoms with Crippen LogP contribution >= 0.6 is 0 Å². The number of esters is 1. The molecule has 4 heteroatoms. The van der Waals surface area contributed by atoms with Crippen LogP contribution in [-0.2, 0) is 16.0 Å². The fraction of sp³-hybridized carbons (Fsp3) is 0.750. The molecular formula is C20H28O4. The summed E-state index contributed by atoms with van der Waals surface area (Å²) >= 11 is 0. The van der Waals surface area contributed by atoms with E-state index in [0.717, 1.165) is 25.7 Å². The van der Waals surface area contributed by atoms with Crippen LogP contribution in [0.1, 0.15) is 52.0 Å². The van der Waals surface area contributed by atoms with Gasteiger partial charge in [-0.05, 0) is 61.0 Å². The van der Waals surface area contributed by atoms with Gasteiger partial charge in [0.2, 0.25) is 0 Å². The first-order valence-corrected chi connectivity index (χ1v) is 9.27. The van der Waals surface area contributed by atoms with Crippen molar-refractivity contribution >= 4 is 5.97 Å². The summed E-state index contributed by atoms with van der Waals surface area (Å²) in [6.45, 7) is 6.89. The number of carbonyl (C=O) groups excluding carboxylic acids is 1. The largest absolute Gasteiger partial charge is 0.472 e. The molecule has 0 unspecified atom stereocenters. The Kier molecular flexibility index (Phi) is 3.61. The van der Waals surface area contributed by atoms with Crippen molar-refractivity contribution in [2.24, 2.45) is 28.6 Å². The summed E-state index contributed by atoms with van der Waals surface area (Å²) in [6.07, 6.45) is 7.65. The molecule has 3 aliphatic rings. The van der Waals surface area contributed by atoms with E-state index in [1.165, 1.54) is 5.56 Å². The van der Waals surface area contributed by atoms with E-state index in [4.69, 9.17) is 9.15 Å². The number of hydrogen-bond acceptors (Lipinski definition) is 4. The summed E-state index contributed by atoms with van der Waals surface area (Å²) in [5.41, 5.74) is 1.16. The Morgan fingerprint density at radius 1 is 1.33 bits per heavy atom. The number of rotatable bonds is 3. The number of aliphatic hydroxyl groups excluding tert-OH is 1. The first-order valence-electron chi connectivity index (χ1n) is 9.27. The number of carbonyl (C=O) groups is 1. The number of aliphatic hydroxyl groups is 1. The van der Waals surface area contributed by atoms with E-state index in [0.29, 0.717) is 18.3 Å². The average Bonchev–Trinajstić information content (AvgIpc) is 3.12. The Hall–Kier alpha value is -1.29. The molecule has 1 aromatic heterocycles. The summed E-state index contributed by atoms with van der Waals surface area (Å²) in [5.74, 6) is 0.382. The topological polar surface area (TPSA) is 59.7 Å². The highest BCUT2D eigenvalue weighted by atomic mass is 16.6. The van der Waals surface area contributed by atoms with Gasteiger partial charge in [-0.25, -0.2) is 0 Å². The summed E-state index contributed by atoms with van der Waals surface area (Å²) in [4.78, 5) is 12.4. The second kappa shape index (κ2) is 5.35. The third-order valence-electron chi connectivity index (χ3n) is 7.78. The van der Waals surface area contributed by atoms with E-state index in [1.54, 1.807) is 6.26 Å². The Morgan fingerprint density at radius 3 is 2.83 bits per heavy atom. The van der Waals surface area contributed by atoms with Crippen molar-refractivity contribution in [2.75, 3.05) is 0 Å². The molecule has 0 spiro atoms. The first kappa shape index (κ1) is 16.2. The molecule has 3 fully saturated rings. The van der Waals surface area contributed by atoms with Crippen LogP contribution in [-0.4, -0.2) is 23.3 Å². The second-order valence-corrected chi connectivity index (χ2v) is 8.74. The van der Waals surface area contributed by atoms with E-state index >= 15 is 0 Å². The zero-order chi connectivity index (χ0) is 17.1. The number of furan rings is 1. The third kappa shape index (κ3) is 2.05. The van der Waals surface area contributed by atoms with Gasteiger partial charge in [0, 0.05) is 5.41 Å². The summed E-state index contributed by atoms with van der Waals surface area (Å²) in [5, 5.41) is 10.5. The first-order chi connectivity index (χ1) is 11.4. The highest BCUT2D eigenvalue weighted by Gasteiger charge is 2.68. The van der Waals surface area contributed by atoms with Crippen LogP contribution < -0.4 is 0 Å². The Bertz CT molecular complexity index is 624. The van der Waals surface area contributed by atoms with Crippen molar-refractivity contribution in [3.63, 3.8) is 0 Å². The number of hydrogen-bond donors (Lipinski definition) is 1. The average molecular weight is 332 g/mol. The maximum absolute atomic E-state index is 12.4. The van der Waals surface area contributed by atoms with Crippen LogP contribution in [0.4, 0.5) is 0 Å². The second-order valence-electron chi connectivity index (χ2n) is 8.74. The molecule has 2 heterocycles. The fourth-order valence-corrected chi connectivity index (χ4v) is 6.17. The minimum Gasteiger partial charge on any atom is -0.472 e. The molecule has 2 aliphatic carbocycles. The molecule has 1 saturated heterocycles. The Balaban J connectivity index is 1.67. The van der Waals surface area contributed by atoms with Crippen molar-refractivity contribution in [2.45, 2.75) is 65.1 Å². The molecule has 7 atom stereocenters. The zero-order valence-electron chi connectivity index (χ0n) is 14.8. The zero-order valence-corrected chi connectivity index (χ0v) is 14.8. The van der Waals surface area contributed by atoms with E-state index < -0.39 is 6.10 Å². The number of ether oxygens (including phenoxy) is 1. The lowest BCUT2D eigenvalue weighted by molar-refractivity contribution is -0.155. The van der Waals surface area contributed by atoms with Crippen molar-refractivity contribution in [1.29, 1.82) is 0 Å². The molecular weight excluding hydrogens is 304 g/mol. The lowest BCUT2D eigenvalue weighted by atomic mass is 9.44. The van der Waals surface area contributed by atoms with Crippen molar-refractivity contribution < 1.29 is 19.1 Å². The van der Waals surface area contributed by atoms with Gasteiger partial charge in [0.05, 0.1) is 24.5 Å². The van der Waals surface area contributed by atoms with Gasteiger partial charge in [0.15, 0.2) is 0 Å². The monoisotopic (exact) mass is 332 g/mol. The van der Waals surface area contributed by atoms with E-state index in [9.17, 15) is 9.90 Å². The SMILES string of the molecule is C[C@@H]1C[C@H]2OC(=O)[C@@H]3[C@@H](O)CC[C@H]([C@@]1(C)CCc1ccoc1)[C@]32C. The van der Waals surface area contributed by atoms with Crippen LogP contribution in [0.25, 0.3) is 0 Å². The van der Waals surface area contributed by atoms with Gasteiger partial charge in [-0.15, -0.1) is 0 Å². The quantitative estimate of drug-likeness (QED) is 0.860. The third-order valence-corrected chi connectivity index (χ3v) is 7.78.